The van der Waals surface area contributed by atoms with Crippen molar-refractivity contribution in [3.05, 3.63) is 35.4 Å². The fourth-order valence-corrected chi connectivity index (χ4v) is 2.98. The van der Waals surface area contributed by atoms with Crippen molar-refractivity contribution in [2.75, 3.05) is 12.0 Å². The molecule has 0 saturated carbocycles. The van der Waals surface area contributed by atoms with E-state index in [1.165, 1.54) is 4.90 Å². The minimum atomic E-state index is -0.149. The topological polar surface area (TPSA) is 37.4 Å². The molecule has 0 bridgehead atoms. The summed E-state index contributed by atoms with van der Waals surface area (Å²) in [5, 5.41) is 0. The van der Waals surface area contributed by atoms with Crippen LogP contribution in [0, 0.1) is 5.92 Å². The molecule has 2 amide bonds. The minimum absolute atomic E-state index is 0.0560. The lowest BCUT2D eigenvalue weighted by atomic mass is 9.99. The first-order chi connectivity index (χ1) is 9.07. The van der Waals surface area contributed by atoms with E-state index in [1.54, 1.807) is 36.0 Å². The molecule has 0 aromatic heterocycles. The van der Waals surface area contributed by atoms with E-state index in [9.17, 15) is 9.59 Å². The second-order valence-corrected chi connectivity index (χ2v) is 6.01. The van der Waals surface area contributed by atoms with E-state index in [2.05, 4.69) is 13.2 Å². The van der Waals surface area contributed by atoms with Gasteiger partial charge in [0.15, 0.2) is 0 Å². The number of benzene rings is 1. The Morgan fingerprint density at radius 3 is 2.11 bits per heavy atom. The average molecular weight is 277 g/mol. The van der Waals surface area contributed by atoms with Crippen LogP contribution in [0.2, 0.25) is 0 Å². The highest BCUT2D eigenvalue weighted by molar-refractivity contribution is 7.98. The summed E-state index contributed by atoms with van der Waals surface area (Å²) in [4.78, 5) is 26.1. The molecule has 1 aliphatic rings. The molecule has 0 fully saturated rings. The zero-order valence-corrected chi connectivity index (χ0v) is 12.4. The second-order valence-electron chi connectivity index (χ2n) is 5.03. The first kappa shape index (κ1) is 14.1. The smallest absolute Gasteiger partial charge is 0.261 e. The zero-order valence-electron chi connectivity index (χ0n) is 11.6. The summed E-state index contributed by atoms with van der Waals surface area (Å²) >= 11 is 1.79. The normalized spacial score (nSPS) is 17.5. The van der Waals surface area contributed by atoms with E-state index in [1.807, 2.05) is 6.92 Å². The maximum atomic E-state index is 12.3. The van der Waals surface area contributed by atoms with Crippen molar-refractivity contribution < 1.29 is 9.59 Å². The molecule has 0 radical (unpaired) electrons. The van der Waals surface area contributed by atoms with E-state index >= 15 is 0 Å². The molecule has 0 unspecified atom stereocenters. The van der Waals surface area contributed by atoms with Crippen molar-refractivity contribution >= 4 is 23.6 Å². The third-order valence-corrected chi connectivity index (χ3v) is 4.48. The molecule has 4 heteroatoms. The molecule has 1 aromatic carbocycles. The van der Waals surface area contributed by atoms with Crippen molar-refractivity contribution in [3.8, 4) is 0 Å². The van der Waals surface area contributed by atoms with Crippen molar-refractivity contribution in [2.24, 2.45) is 5.92 Å². The van der Waals surface area contributed by atoms with Crippen LogP contribution in [-0.4, -0.2) is 34.8 Å². The first-order valence-electron chi connectivity index (χ1n) is 6.53. The van der Waals surface area contributed by atoms with Gasteiger partial charge < -0.3 is 0 Å². The number of hydrogen-bond donors (Lipinski definition) is 0. The summed E-state index contributed by atoms with van der Waals surface area (Å²) in [7, 11) is 0. The van der Waals surface area contributed by atoms with Crippen LogP contribution in [-0.2, 0) is 0 Å². The second kappa shape index (κ2) is 5.78. The zero-order chi connectivity index (χ0) is 14.0. The van der Waals surface area contributed by atoms with Gasteiger partial charge in [-0.15, -0.1) is 0 Å². The lowest BCUT2D eigenvalue weighted by molar-refractivity contribution is 0.0550. The van der Waals surface area contributed by atoms with Gasteiger partial charge in [-0.05, 0) is 43.4 Å². The quantitative estimate of drug-likeness (QED) is 0.776. The van der Waals surface area contributed by atoms with Crippen LogP contribution >= 0.6 is 11.8 Å². The maximum Gasteiger partial charge on any atom is 0.261 e. The molecule has 0 aliphatic carbocycles. The van der Waals surface area contributed by atoms with Gasteiger partial charge in [-0.2, -0.15) is 11.8 Å². The number of carbonyl (C=O) groups is 2. The van der Waals surface area contributed by atoms with Crippen molar-refractivity contribution in [3.63, 3.8) is 0 Å². The van der Waals surface area contributed by atoms with Gasteiger partial charge in [0.1, 0.15) is 0 Å². The van der Waals surface area contributed by atoms with E-state index in [4.69, 9.17) is 0 Å². The number of thioether (sulfide) groups is 1. The largest absolute Gasteiger partial charge is 0.271 e. The molecule has 1 aromatic rings. The number of nitrogens with zero attached hydrogens (tertiary/aromatic N) is 1. The Labute approximate surface area is 118 Å². The third-order valence-electron chi connectivity index (χ3n) is 3.83. The Morgan fingerprint density at radius 2 is 1.63 bits per heavy atom. The minimum Gasteiger partial charge on any atom is -0.271 e. The molecule has 1 aliphatic heterocycles. The van der Waals surface area contributed by atoms with Crippen LogP contribution in [0.3, 0.4) is 0 Å². The Hall–Kier alpha value is -1.29. The molecule has 2 atom stereocenters. The SMILES string of the molecule is CSCC[C@@H](C)[C@H](C)N1C(=O)c2ccccc2C1=O. The molecule has 3 nitrogen and oxygen atoms in total. The molecule has 19 heavy (non-hydrogen) atoms. The molecular weight excluding hydrogens is 258 g/mol. The standard InChI is InChI=1S/C15H19NO2S/c1-10(8-9-19-3)11(2)16-14(17)12-6-4-5-7-13(12)15(16)18/h4-7,10-11H,8-9H2,1-3H3/t10-,11+/m1/s1. The Balaban J connectivity index is 2.19. The molecule has 1 heterocycles. The van der Waals surface area contributed by atoms with Gasteiger partial charge in [-0.1, -0.05) is 19.1 Å². The number of carbonyl (C=O) groups excluding carboxylic acids is 2. The average Bonchev–Trinajstić information content (AvgIpc) is 2.68. The first-order valence-corrected chi connectivity index (χ1v) is 7.93. The summed E-state index contributed by atoms with van der Waals surface area (Å²) in [6.45, 7) is 4.07. The molecule has 2 rings (SSSR count). The van der Waals surface area contributed by atoms with Gasteiger partial charge in [-0.25, -0.2) is 0 Å². The van der Waals surface area contributed by atoms with E-state index < -0.39 is 0 Å². The Bertz CT molecular complexity index is 466. The number of hydrogen-bond acceptors (Lipinski definition) is 3. The summed E-state index contributed by atoms with van der Waals surface area (Å²) in [5.41, 5.74) is 1.08. The van der Waals surface area contributed by atoms with E-state index in [-0.39, 0.29) is 17.9 Å². The Morgan fingerprint density at radius 1 is 1.11 bits per heavy atom. The van der Waals surface area contributed by atoms with Crippen LogP contribution in [0.5, 0.6) is 0 Å². The van der Waals surface area contributed by atoms with Crippen molar-refractivity contribution in [2.45, 2.75) is 26.3 Å². The van der Waals surface area contributed by atoms with E-state index in [0.717, 1.165) is 12.2 Å². The fourth-order valence-electron chi connectivity index (χ4n) is 2.38. The van der Waals surface area contributed by atoms with Gasteiger partial charge in [0.05, 0.1) is 11.1 Å². The monoisotopic (exact) mass is 277 g/mol. The van der Waals surface area contributed by atoms with Gasteiger partial charge in [0.25, 0.3) is 11.8 Å². The van der Waals surface area contributed by atoms with Crippen LogP contribution < -0.4 is 0 Å². The third kappa shape index (κ3) is 2.54. The predicted molar refractivity (Wildman–Crippen MR) is 78.6 cm³/mol. The van der Waals surface area contributed by atoms with Gasteiger partial charge in [0.2, 0.25) is 0 Å². The molecular formula is C15H19NO2S. The van der Waals surface area contributed by atoms with Crippen LogP contribution in [0.15, 0.2) is 24.3 Å². The van der Waals surface area contributed by atoms with Gasteiger partial charge >= 0.3 is 0 Å². The van der Waals surface area contributed by atoms with Crippen LogP contribution in [0.1, 0.15) is 41.0 Å². The van der Waals surface area contributed by atoms with Crippen LogP contribution in [0.25, 0.3) is 0 Å². The highest BCUT2D eigenvalue weighted by Crippen LogP contribution is 2.28. The Kier molecular flexibility index (Phi) is 4.30. The number of fused-ring (bicyclic) bond motifs is 1. The number of imide groups is 1. The fraction of sp³-hybridized carbons (Fsp3) is 0.467. The predicted octanol–water partition coefficient (Wildman–Crippen LogP) is 3.06. The highest BCUT2D eigenvalue weighted by Gasteiger charge is 2.39. The lowest BCUT2D eigenvalue weighted by Gasteiger charge is -2.28. The summed E-state index contributed by atoms with van der Waals surface area (Å²) in [6, 6.07) is 7.01. The molecule has 0 spiro atoms. The van der Waals surface area contributed by atoms with Gasteiger partial charge in [-0.3, -0.25) is 14.5 Å². The van der Waals surface area contributed by atoms with Gasteiger partial charge in [0, 0.05) is 6.04 Å². The molecule has 102 valence electrons. The number of rotatable bonds is 5. The molecule has 0 saturated heterocycles. The number of amides is 2. The maximum absolute atomic E-state index is 12.3. The highest BCUT2D eigenvalue weighted by atomic mass is 32.2. The van der Waals surface area contributed by atoms with Crippen molar-refractivity contribution in [1.29, 1.82) is 0 Å². The summed E-state index contributed by atoms with van der Waals surface area (Å²) in [5.74, 6) is 1.07. The summed E-state index contributed by atoms with van der Waals surface area (Å²) in [6.07, 6.45) is 3.08. The molecule has 0 N–H and O–H groups in total. The van der Waals surface area contributed by atoms with E-state index in [0.29, 0.717) is 17.0 Å². The summed E-state index contributed by atoms with van der Waals surface area (Å²) < 4.78 is 0. The van der Waals surface area contributed by atoms with Crippen molar-refractivity contribution in [1.82, 2.24) is 4.90 Å². The van der Waals surface area contributed by atoms with Crippen LogP contribution in [0.4, 0.5) is 0 Å². The lowest BCUT2D eigenvalue weighted by Crippen LogP contribution is -2.41.